The minimum atomic E-state index is -0.839. The van der Waals surface area contributed by atoms with Gasteiger partial charge in [-0.3, -0.25) is 9.59 Å². The molecule has 2 aromatic carbocycles. The lowest BCUT2D eigenvalue weighted by Gasteiger charge is -2.37. The van der Waals surface area contributed by atoms with Crippen LogP contribution >= 0.6 is 0 Å². The standard InChI is InChI=1S/C25H29FN2O3/c1-19(23(29)28-17-15-27(16-18-28)22-7-3-2-4-8-22)31-24(30)25(13-5-6-14-25)20-9-11-21(26)12-10-20/h2-4,7-12,19H,5-6,13-18H2,1H3/t19-/m0/s1. The van der Waals surface area contributed by atoms with Crippen molar-refractivity contribution < 1.29 is 18.7 Å². The second-order valence-electron chi connectivity index (χ2n) is 8.49. The first-order valence-corrected chi connectivity index (χ1v) is 11.1. The highest BCUT2D eigenvalue weighted by atomic mass is 19.1. The summed E-state index contributed by atoms with van der Waals surface area (Å²) in [7, 11) is 0. The van der Waals surface area contributed by atoms with E-state index in [1.807, 2.05) is 18.2 Å². The van der Waals surface area contributed by atoms with Crippen LogP contribution in [-0.4, -0.2) is 49.1 Å². The average Bonchev–Trinajstić information content (AvgIpc) is 3.31. The second-order valence-corrected chi connectivity index (χ2v) is 8.49. The van der Waals surface area contributed by atoms with Crippen molar-refractivity contribution in [2.45, 2.75) is 44.1 Å². The van der Waals surface area contributed by atoms with Crippen LogP contribution in [0.5, 0.6) is 0 Å². The summed E-state index contributed by atoms with van der Waals surface area (Å²) in [4.78, 5) is 30.2. The Bertz CT molecular complexity index is 902. The SMILES string of the molecule is C[C@H](OC(=O)C1(c2ccc(F)cc2)CCCC1)C(=O)N1CCN(c2ccccc2)CC1. The fourth-order valence-electron chi connectivity index (χ4n) is 4.76. The van der Waals surface area contributed by atoms with Crippen LogP contribution in [0.15, 0.2) is 54.6 Å². The molecular formula is C25H29FN2O3. The van der Waals surface area contributed by atoms with Gasteiger partial charge in [0.25, 0.3) is 5.91 Å². The maximum absolute atomic E-state index is 13.4. The average molecular weight is 425 g/mol. The predicted octanol–water partition coefficient (Wildman–Crippen LogP) is 3.92. The summed E-state index contributed by atoms with van der Waals surface area (Å²) in [6.07, 6.45) is 2.31. The van der Waals surface area contributed by atoms with E-state index in [1.54, 1.807) is 24.0 Å². The van der Waals surface area contributed by atoms with Gasteiger partial charge in [-0.2, -0.15) is 0 Å². The molecule has 2 aromatic rings. The number of piperazine rings is 1. The van der Waals surface area contributed by atoms with Gasteiger partial charge in [0, 0.05) is 31.9 Å². The van der Waals surface area contributed by atoms with Crippen molar-refractivity contribution in [3.63, 3.8) is 0 Å². The number of benzene rings is 2. The Morgan fingerprint density at radius 1 is 0.935 bits per heavy atom. The Morgan fingerprint density at radius 2 is 1.55 bits per heavy atom. The molecule has 0 radical (unpaired) electrons. The third-order valence-corrected chi connectivity index (χ3v) is 6.59. The third-order valence-electron chi connectivity index (χ3n) is 6.59. The summed E-state index contributed by atoms with van der Waals surface area (Å²) in [5.41, 5.74) is 1.14. The molecule has 6 heteroatoms. The number of anilines is 1. The monoisotopic (exact) mass is 424 g/mol. The maximum atomic E-state index is 13.4. The Kier molecular flexibility index (Phi) is 6.25. The van der Waals surface area contributed by atoms with Crippen LogP contribution in [0.4, 0.5) is 10.1 Å². The van der Waals surface area contributed by atoms with Gasteiger partial charge in [-0.05, 0) is 49.6 Å². The van der Waals surface area contributed by atoms with Crippen molar-refractivity contribution in [1.82, 2.24) is 4.90 Å². The molecule has 1 aliphatic carbocycles. The molecule has 31 heavy (non-hydrogen) atoms. The lowest BCUT2D eigenvalue weighted by molar-refractivity contribution is -0.164. The van der Waals surface area contributed by atoms with E-state index in [0.717, 1.165) is 37.2 Å². The number of carbonyl (C=O) groups excluding carboxylic acids is 2. The minimum Gasteiger partial charge on any atom is -0.452 e. The summed E-state index contributed by atoms with van der Waals surface area (Å²) in [6, 6.07) is 16.2. The number of nitrogens with zero attached hydrogens (tertiary/aromatic N) is 2. The first kappa shape index (κ1) is 21.3. The van der Waals surface area contributed by atoms with Gasteiger partial charge in [-0.15, -0.1) is 0 Å². The summed E-state index contributed by atoms with van der Waals surface area (Å²) in [5.74, 6) is -0.864. The number of rotatable bonds is 5. The lowest BCUT2D eigenvalue weighted by Crippen LogP contribution is -2.52. The zero-order valence-electron chi connectivity index (χ0n) is 17.9. The highest BCUT2D eigenvalue weighted by molar-refractivity contribution is 5.88. The van der Waals surface area contributed by atoms with Gasteiger partial charge >= 0.3 is 5.97 Å². The largest absolute Gasteiger partial charge is 0.452 e. The molecule has 1 saturated heterocycles. The fourth-order valence-corrected chi connectivity index (χ4v) is 4.76. The molecule has 2 fully saturated rings. The van der Waals surface area contributed by atoms with Gasteiger partial charge in [0.2, 0.25) is 0 Å². The minimum absolute atomic E-state index is 0.159. The zero-order chi connectivity index (χ0) is 21.8. The van der Waals surface area contributed by atoms with Crippen molar-refractivity contribution in [1.29, 1.82) is 0 Å². The van der Waals surface area contributed by atoms with Gasteiger partial charge < -0.3 is 14.5 Å². The van der Waals surface area contributed by atoms with E-state index in [1.165, 1.54) is 12.1 Å². The first-order valence-electron chi connectivity index (χ1n) is 11.1. The van der Waals surface area contributed by atoms with E-state index in [4.69, 9.17) is 4.74 Å². The van der Waals surface area contributed by atoms with Crippen LogP contribution in [-0.2, 0) is 19.7 Å². The van der Waals surface area contributed by atoms with Crippen molar-refractivity contribution in [3.8, 4) is 0 Å². The van der Waals surface area contributed by atoms with Gasteiger partial charge in [0.05, 0.1) is 5.41 Å². The quantitative estimate of drug-likeness (QED) is 0.683. The van der Waals surface area contributed by atoms with Gasteiger partial charge in [0.1, 0.15) is 5.82 Å². The molecule has 0 spiro atoms. The number of carbonyl (C=O) groups is 2. The van der Waals surface area contributed by atoms with Crippen molar-refractivity contribution in [2.24, 2.45) is 0 Å². The van der Waals surface area contributed by atoms with E-state index in [-0.39, 0.29) is 17.7 Å². The van der Waals surface area contributed by atoms with Crippen molar-refractivity contribution >= 4 is 17.6 Å². The van der Waals surface area contributed by atoms with Crippen LogP contribution in [0.25, 0.3) is 0 Å². The number of para-hydroxylation sites is 1. The van der Waals surface area contributed by atoms with E-state index < -0.39 is 11.5 Å². The molecule has 1 aliphatic heterocycles. The molecule has 2 aliphatic rings. The number of hydrogen-bond acceptors (Lipinski definition) is 4. The molecule has 1 amide bonds. The Morgan fingerprint density at radius 3 is 2.16 bits per heavy atom. The van der Waals surface area contributed by atoms with Gasteiger partial charge in [-0.1, -0.05) is 43.2 Å². The molecule has 5 nitrogen and oxygen atoms in total. The van der Waals surface area contributed by atoms with Crippen molar-refractivity contribution in [3.05, 3.63) is 66.0 Å². The molecule has 1 heterocycles. The van der Waals surface area contributed by atoms with Gasteiger partial charge in [0.15, 0.2) is 6.10 Å². The van der Waals surface area contributed by atoms with E-state index in [0.29, 0.717) is 25.9 Å². The fraction of sp³-hybridized carbons (Fsp3) is 0.440. The molecule has 0 aromatic heterocycles. The first-order chi connectivity index (χ1) is 15.0. The second kappa shape index (κ2) is 9.08. The lowest BCUT2D eigenvalue weighted by atomic mass is 9.79. The molecule has 0 unspecified atom stereocenters. The maximum Gasteiger partial charge on any atom is 0.317 e. The smallest absolute Gasteiger partial charge is 0.317 e. The Labute approximate surface area is 182 Å². The normalized spacial score (nSPS) is 19.2. The summed E-state index contributed by atoms with van der Waals surface area (Å²) in [5, 5.41) is 0. The van der Waals surface area contributed by atoms with Crippen LogP contribution < -0.4 is 4.90 Å². The van der Waals surface area contributed by atoms with Crippen LogP contribution in [0, 0.1) is 5.82 Å². The highest BCUT2D eigenvalue weighted by Crippen LogP contribution is 2.42. The predicted molar refractivity (Wildman–Crippen MR) is 117 cm³/mol. The molecule has 1 saturated carbocycles. The Balaban J connectivity index is 1.38. The third kappa shape index (κ3) is 4.43. The number of ether oxygens (including phenoxy) is 1. The summed E-state index contributed by atoms with van der Waals surface area (Å²) >= 11 is 0. The van der Waals surface area contributed by atoms with Crippen LogP contribution in [0.1, 0.15) is 38.2 Å². The molecule has 1 atom stereocenters. The summed E-state index contributed by atoms with van der Waals surface area (Å²) < 4.78 is 19.1. The number of amides is 1. The number of hydrogen-bond donors (Lipinski definition) is 0. The van der Waals surface area contributed by atoms with E-state index in [9.17, 15) is 14.0 Å². The van der Waals surface area contributed by atoms with Crippen molar-refractivity contribution in [2.75, 3.05) is 31.1 Å². The van der Waals surface area contributed by atoms with Crippen LogP contribution in [0.3, 0.4) is 0 Å². The highest BCUT2D eigenvalue weighted by Gasteiger charge is 2.45. The molecule has 164 valence electrons. The van der Waals surface area contributed by atoms with Gasteiger partial charge in [-0.25, -0.2) is 4.39 Å². The molecule has 0 bridgehead atoms. The van der Waals surface area contributed by atoms with E-state index in [2.05, 4.69) is 17.0 Å². The number of halogens is 1. The Hall–Kier alpha value is -2.89. The topological polar surface area (TPSA) is 49.9 Å². The number of esters is 1. The summed E-state index contributed by atoms with van der Waals surface area (Å²) in [6.45, 7) is 4.33. The van der Waals surface area contributed by atoms with E-state index >= 15 is 0 Å². The van der Waals surface area contributed by atoms with Crippen LogP contribution in [0.2, 0.25) is 0 Å². The molecular weight excluding hydrogens is 395 g/mol. The zero-order valence-corrected chi connectivity index (χ0v) is 17.9. The molecule has 4 rings (SSSR count). The molecule has 0 N–H and O–H groups in total.